The molecule has 0 radical (unpaired) electrons. The fourth-order valence-electron chi connectivity index (χ4n) is 1.72. The summed E-state index contributed by atoms with van der Waals surface area (Å²) in [6.07, 6.45) is -9.66. The summed E-state index contributed by atoms with van der Waals surface area (Å²) < 4.78 is 129. The van der Waals surface area contributed by atoms with Crippen molar-refractivity contribution < 1.29 is 52.0 Å². The maximum absolute atomic E-state index is 13.5. The number of aryl methyl sites for hydroxylation is 2. The molecule has 0 saturated carbocycles. The molecule has 19 heteroatoms. The van der Waals surface area contributed by atoms with Gasteiger partial charge in [0.15, 0.2) is 0 Å². The van der Waals surface area contributed by atoms with Gasteiger partial charge in [0.05, 0.1) is 0 Å². The molecular formula is C20H23F8IN2Na2O4S2. The van der Waals surface area contributed by atoms with Crippen molar-refractivity contribution in [1.29, 1.82) is 0 Å². The van der Waals surface area contributed by atoms with Crippen LogP contribution in [0.4, 0.5) is 46.5 Å². The van der Waals surface area contributed by atoms with Crippen LogP contribution in [-0.2, 0) is 24.2 Å². The molecule has 214 valence electrons. The molecule has 0 aliphatic heterocycles. The number of anilines is 2. The van der Waals surface area contributed by atoms with Crippen LogP contribution in [0.25, 0.3) is 0 Å². The van der Waals surface area contributed by atoms with Crippen LogP contribution < -0.4 is 11.5 Å². The van der Waals surface area contributed by atoms with Gasteiger partial charge in [-0.15, -0.1) is 0 Å². The molecule has 2 atom stereocenters. The standard InChI is InChI=1S/C10H11F4N.C7H9N.C3H3F4I.2Na.O4S2/c1-6-5-7(3-4-8(6)15)9(2,11)10(12,13)14;1-6-4-2-3-5-7(6)8;1-2(4,8)3(5,6)7;;;1-5(2)6(3)4/h3-5H,15H2,1-2H3;2-5H,8H2,1H3;1H3;;;. The zero-order chi connectivity index (χ0) is 32.0. The third-order valence-electron chi connectivity index (χ3n) is 4.14. The summed E-state index contributed by atoms with van der Waals surface area (Å²) in [6.45, 7) is 4.49. The van der Waals surface area contributed by atoms with E-state index in [1.165, 1.54) is 56.6 Å². The Balaban J connectivity index is -0.000000463. The van der Waals surface area contributed by atoms with E-state index in [4.69, 9.17) is 28.3 Å². The van der Waals surface area contributed by atoms with Crippen molar-refractivity contribution in [3.8, 4) is 0 Å². The SMILES string of the molecule is CC(F)(I)C(F)(F)F.Cc1cc(C(C)(F)C(F)(F)F)ccc1N.Cc1ccccc1N.O=S(=O)=S(=O)=O.[Na][Na]. The number of hydrogen-bond acceptors (Lipinski definition) is 6. The average molecular weight is 744 g/mol. The predicted octanol–water partition coefficient (Wildman–Crippen LogP) is 5.47. The van der Waals surface area contributed by atoms with E-state index in [2.05, 4.69) is 0 Å². The van der Waals surface area contributed by atoms with Crippen LogP contribution in [0.15, 0.2) is 42.5 Å². The summed E-state index contributed by atoms with van der Waals surface area (Å²) in [5.74, 6) is 0. The Hall–Kier alpha value is -0.150. The molecule has 0 heterocycles. The van der Waals surface area contributed by atoms with Crippen LogP contribution in [0.1, 0.15) is 30.5 Å². The summed E-state index contributed by atoms with van der Waals surface area (Å²) in [7, 11) is -5.90. The summed E-state index contributed by atoms with van der Waals surface area (Å²) in [4.78, 5) is 0. The predicted molar refractivity (Wildman–Crippen MR) is 145 cm³/mol. The molecule has 0 aromatic heterocycles. The molecule has 2 unspecified atom stereocenters. The topological polar surface area (TPSA) is 120 Å². The van der Waals surface area contributed by atoms with Gasteiger partial charge in [-0.1, -0.05) is 30.3 Å². The molecule has 0 amide bonds. The number of benzene rings is 2. The monoisotopic (exact) mass is 744 g/mol. The normalized spacial score (nSPS) is 13.6. The third kappa shape index (κ3) is 18.1. The van der Waals surface area contributed by atoms with E-state index in [0.717, 1.165) is 23.4 Å². The molecule has 0 spiro atoms. The first-order chi connectivity index (χ1) is 17.4. The number of para-hydroxylation sites is 1. The van der Waals surface area contributed by atoms with E-state index in [0.29, 0.717) is 47.7 Å². The Morgan fingerprint density at radius 1 is 0.692 bits per heavy atom. The van der Waals surface area contributed by atoms with Crippen LogP contribution in [0.2, 0.25) is 0 Å². The minimum absolute atomic E-state index is 0.344. The zero-order valence-corrected chi connectivity index (χ0v) is 29.3. The first-order valence-electron chi connectivity index (χ1n) is 10.4. The number of alkyl halides is 9. The maximum atomic E-state index is 13.5. The van der Waals surface area contributed by atoms with Gasteiger partial charge in [-0.3, -0.25) is 0 Å². The van der Waals surface area contributed by atoms with Crippen molar-refractivity contribution >= 4 is 96.1 Å². The van der Waals surface area contributed by atoms with Crippen molar-refractivity contribution in [3.05, 3.63) is 59.2 Å². The molecule has 2 aromatic rings. The van der Waals surface area contributed by atoms with Crippen LogP contribution in [0, 0.1) is 13.8 Å². The summed E-state index contributed by atoms with van der Waals surface area (Å²) in [5, 5.41) is 0. The van der Waals surface area contributed by atoms with Gasteiger partial charge in [-0.05, 0) is 79.1 Å². The van der Waals surface area contributed by atoms with Crippen LogP contribution in [0.5, 0.6) is 0 Å². The first-order valence-corrected chi connectivity index (χ1v) is 22.2. The third-order valence-corrected chi connectivity index (χ3v) is 5.64. The average Bonchev–Trinajstić information content (AvgIpc) is 2.78. The number of hydrogen-bond donors (Lipinski definition) is 2. The molecule has 0 saturated heterocycles. The molecule has 4 N–H and O–H groups in total. The van der Waals surface area contributed by atoms with Gasteiger partial charge in [-0.25, -0.2) is 8.78 Å². The second-order valence-electron chi connectivity index (χ2n) is 7.22. The molecule has 0 bridgehead atoms. The molecule has 2 aromatic carbocycles. The Morgan fingerprint density at radius 2 is 1.05 bits per heavy atom. The van der Waals surface area contributed by atoms with Gasteiger partial charge in [0.25, 0.3) is 3.68 Å². The molecule has 2 rings (SSSR count). The van der Waals surface area contributed by atoms with Crippen molar-refractivity contribution in [1.82, 2.24) is 0 Å². The van der Waals surface area contributed by atoms with Gasteiger partial charge in [0.1, 0.15) is 0 Å². The molecule has 6 nitrogen and oxygen atoms in total. The number of halogens is 9. The number of nitrogen functional groups attached to an aromatic ring is 2. The second-order valence-corrected chi connectivity index (χ2v) is 11.7. The quantitative estimate of drug-likeness (QED) is 0.132. The first kappa shape index (κ1) is 43.3. The van der Waals surface area contributed by atoms with Gasteiger partial charge in [0.2, 0.25) is 5.67 Å². The molecule has 39 heavy (non-hydrogen) atoms. The molecule has 0 aliphatic rings. The Kier molecular flexibility index (Phi) is 21.2. The van der Waals surface area contributed by atoms with Crippen LogP contribution >= 0.6 is 22.6 Å². The van der Waals surface area contributed by atoms with E-state index in [1.54, 1.807) is 0 Å². The van der Waals surface area contributed by atoms with Gasteiger partial charge in [0, 0.05) is 11.4 Å². The fraction of sp³-hybridized carbons (Fsp3) is 0.400. The van der Waals surface area contributed by atoms with Crippen molar-refractivity contribution in [2.24, 2.45) is 0 Å². The van der Waals surface area contributed by atoms with E-state index in [1.807, 2.05) is 31.2 Å². The van der Waals surface area contributed by atoms with Crippen LogP contribution in [0.3, 0.4) is 0 Å². The van der Waals surface area contributed by atoms with Gasteiger partial charge in [-0.2, -0.15) is 43.2 Å². The minimum atomic E-state index is -4.92. The summed E-state index contributed by atoms with van der Waals surface area (Å²) >= 11 is 3.58. The van der Waals surface area contributed by atoms with Gasteiger partial charge < -0.3 is 11.5 Å². The Morgan fingerprint density at radius 3 is 1.28 bits per heavy atom. The molecular weight excluding hydrogens is 721 g/mol. The Labute approximate surface area is 265 Å². The van der Waals surface area contributed by atoms with E-state index in [-0.39, 0.29) is 0 Å². The number of nitrogens with two attached hydrogens (primary N) is 2. The molecule has 0 fully saturated rings. The summed E-state index contributed by atoms with van der Waals surface area (Å²) in [6, 6.07) is 11.2. The van der Waals surface area contributed by atoms with Crippen LogP contribution in [-0.4, -0.2) is 76.5 Å². The summed E-state index contributed by atoms with van der Waals surface area (Å²) in [5.41, 5.74) is 9.98. The van der Waals surface area contributed by atoms with E-state index in [9.17, 15) is 35.1 Å². The van der Waals surface area contributed by atoms with E-state index < -0.39 is 45.8 Å². The molecule has 0 aliphatic carbocycles. The van der Waals surface area contributed by atoms with E-state index >= 15 is 0 Å². The van der Waals surface area contributed by atoms with Crippen molar-refractivity contribution in [2.75, 3.05) is 11.5 Å². The van der Waals surface area contributed by atoms with Crippen molar-refractivity contribution in [2.45, 2.75) is 49.4 Å². The second kappa shape index (κ2) is 19.1. The van der Waals surface area contributed by atoms with Crippen molar-refractivity contribution in [3.63, 3.8) is 0 Å². The zero-order valence-electron chi connectivity index (χ0n) is 21.5. The number of rotatable bonds is 1. The van der Waals surface area contributed by atoms with Gasteiger partial charge >= 0.3 is 74.5 Å². The Bertz CT molecular complexity index is 1210. The fourth-order valence-corrected chi connectivity index (χ4v) is 1.72.